The predicted molar refractivity (Wildman–Crippen MR) is 161 cm³/mol. The van der Waals surface area contributed by atoms with Crippen LogP contribution in [0.1, 0.15) is 23.1 Å². The highest BCUT2D eigenvalue weighted by atomic mass is 28.3. The third kappa shape index (κ3) is 9.89. The zero-order valence-corrected chi connectivity index (χ0v) is 26.5. The van der Waals surface area contributed by atoms with Crippen LogP contribution in [0.4, 0.5) is 42.6 Å². The number of nitrogens with one attached hydrogen (secondary N) is 3. The second-order valence-electron chi connectivity index (χ2n) is 12.0. The number of aromatic nitrogens is 1. The van der Waals surface area contributed by atoms with E-state index in [2.05, 4.69) is 40.5 Å². The smallest absolute Gasteiger partial charge is 0.420 e. The molecule has 45 heavy (non-hydrogen) atoms. The Morgan fingerprint density at radius 3 is 2.44 bits per heavy atom. The molecule has 2 aliphatic heterocycles. The predicted octanol–water partition coefficient (Wildman–Crippen LogP) is 6.53. The molecular formula is C29H39F6N5O4Si. The molecular weight excluding hydrogens is 624 g/mol. The number of fused-ring (bicyclic) bond motifs is 1. The lowest BCUT2D eigenvalue weighted by Crippen LogP contribution is -2.38. The van der Waals surface area contributed by atoms with E-state index in [1.165, 1.54) is 16.7 Å². The summed E-state index contributed by atoms with van der Waals surface area (Å²) in [5.74, 6) is -1.04. The van der Waals surface area contributed by atoms with E-state index in [0.29, 0.717) is 38.9 Å². The van der Waals surface area contributed by atoms with Crippen molar-refractivity contribution in [2.24, 2.45) is 0 Å². The van der Waals surface area contributed by atoms with Gasteiger partial charge in [-0.05, 0) is 43.3 Å². The van der Waals surface area contributed by atoms with Gasteiger partial charge in [0, 0.05) is 52.7 Å². The van der Waals surface area contributed by atoms with Crippen LogP contribution in [0.25, 0.3) is 5.76 Å². The Balaban J connectivity index is 1.47. The van der Waals surface area contributed by atoms with Gasteiger partial charge in [-0.15, -0.1) is 0 Å². The quantitative estimate of drug-likeness (QED) is 0.136. The van der Waals surface area contributed by atoms with E-state index in [-0.39, 0.29) is 30.5 Å². The van der Waals surface area contributed by atoms with Crippen LogP contribution < -0.4 is 20.7 Å². The number of halogens is 6. The number of hydrogen-bond donors (Lipinski definition) is 3. The van der Waals surface area contributed by atoms with Gasteiger partial charge in [-0.25, -0.2) is 4.79 Å². The molecule has 2 aliphatic rings. The summed E-state index contributed by atoms with van der Waals surface area (Å²) in [4.78, 5) is 14.5. The van der Waals surface area contributed by atoms with Gasteiger partial charge < -0.3 is 34.7 Å². The highest BCUT2D eigenvalue weighted by molar-refractivity contribution is 6.76. The van der Waals surface area contributed by atoms with Crippen molar-refractivity contribution in [3.8, 4) is 5.75 Å². The van der Waals surface area contributed by atoms with Crippen molar-refractivity contribution < 1.29 is 45.3 Å². The molecule has 16 heteroatoms. The number of amides is 2. The summed E-state index contributed by atoms with van der Waals surface area (Å²) in [6.07, 6.45) is -6.98. The minimum absolute atomic E-state index is 0.0191. The summed E-state index contributed by atoms with van der Waals surface area (Å²) in [5.41, 5.74) is -2.88. The van der Waals surface area contributed by atoms with E-state index >= 15 is 0 Å². The van der Waals surface area contributed by atoms with Crippen molar-refractivity contribution >= 4 is 31.4 Å². The molecule has 1 aromatic heterocycles. The first-order valence-electron chi connectivity index (χ1n) is 14.7. The van der Waals surface area contributed by atoms with Crippen molar-refractivity contribution in [3.63, 3.8) is 0 Å². The summed E-state index contributed by atoms with van der Waals surface area (Å²) in [6.45, 7) is 10.6. The number of benzene rings is 1. The van der Waals surface area contributed by atoms with Crippen LogP contribution in [0.15, 0.2) is 30.5 Å². The Labute approximate surface area is 258 Å². The highest BCUT2D eigenvalue weighted by Crippen LogP contribution is 2.44. The van der Waals surface area contributed by atoms with Crippen LogP contribution in [0.5, 0.6) is 5.75 Å². The summed E-state index contributed by atoms with van der Waals surface area (Å²) < 4.78 is 102. The number of nitrogens with zero attached hydrogens (tertiary/aromatic N) is 2. The molecule has 2 amide bonds. The monoisotopic (exact) mass is 663 g/mol. The average molecular weight is 664 g/mol. The number of anilines is 2. The van der Waals surface area contributed by atoms with Gasteiger partial charge in [0.25, 0.3) is 0 Å². The molecule has 0 saturated carbocycles. The molecule has 3 N–H and O–H groups in total. The van der Waals surface area contributed by atoms with Crippen LogP contribution in [-0.4, -0.2) is 76.1 Å². The van der Waals surface area contributed by atoms with E-state index in [4.69, 9.17) is 14.2 Å². The van der Waals surface area contributed by atoms with Crippen LogP contribution >= 0.6 is 0 Å². The largest absolute Gasteiger partial charge is 0.456 e. The lowest BCUT2D eigenvalue weighted by molar-refractivity contribution is -0.139. The van der Waals surface area contributed by atoms with Gasteiger partial charge in [0.05, 0.1) is 24.3 Å². The van der Waals surface area contributed by atoms with Gasteiger partial charge in [0.1, 0.15) is 29.6 Å². The third-order valence-corrected chi connectivity index (χ3v) is 8.92. The SMILES string of the molecule is C[Si](C)(C)CCOCn1cc(C(F)(F)F)c2c1NCC=C2Oc1ccc(NC(=O)NCCCN2CCOCC2)cc1C(F)(F)F. The van der Waals surface area contributed by atoms with E-state index in [9.17, 15) is 31.1 Å². The van der Waals surface area contributed by atoms with Crippen molar-refractivity contribution in [2.75, 3.05) is 63.2 Å². The molecule has 0 atom stereocenters. The molecule has 1 saturated heterocycles. The fourth-order valence-corrected chi connectivity index (χ4v) is 5.59. The van der Waals surface area contributed by atoms with Crippen molar-refractivity contribution in [3.05, 3.63) is 47.2 Å². The summed E-state index contributed by atoms with van der Waals surface area (Å²) in [6, 6.07) is 2.98. The van der Waals surface area contributed by atoms with E-state index < -0.39 is 48.9 Å². The van der Waals surface area contributed by atoms with Gasteiger partial charge in [0.15, 0.2) is 0 Å². The molecule has 0 unspecified atom stereocenters. The van der Waals surface area contributed by atoms with Crippen LogP contribution in [0.3, 0.4) is 0 Å². The average Bonchev–Trinajstić information content (AvgIpc) is 3.34. The fraction of sp³-hybridized carbons (Fsp3) is 0.552. The minimum atomic E-state index is -4.93. The van der Waals surface area contributed by atoms with Gasteiger partial charge in [-0.2, -0.15) is 26.3 Å². The molecule has 0 radical (unpaired) electrons. The zero-order valence-electron chi connectivity index (χ0n) is 25.5. The number of ether oxygens (including phenoxy) is 3. The topological polar surface area (TPSA) is 89.0 Å². The van der Waals surface area contributed by atoms with Crippen LogP contribution in [0.2, 0.25) is 25.7 Å². The first-order chi connectivity index (χ1) is 21.1. The summed E-state index contributed by atoms with van der Waals surface area (Å²) in [5, 5.41) is 7.85. The molecule has 0 spiro atoms. The maximum absolute atomic E-state index is 14.1. The molecule has 1 aromatic carbocycles. The molecule has 0 bridgehead atoms. The lowest BCUT2D eigenvalue weighted by Gasteiger charge is -2.26. The minimum Gasteiger partial charge on any atom is -0.456 e. The number of urea groups is 1. The highest BCUT2D eigenvalue weighted by Gasteiger charge is 2.41. The lowest BCUT2D eigenvalue weighted by atomic mass is 10.1. The Hall–Kier alpha value is -3.21. The zero-order chi connectivity index (χ0) is 32.8. The molecule has 250 valence electrons. The molecule has 3 heterocycles. The number of carbonyl (C=O) groups is 1. The molecule has 4 rings (SSSR count). The van der Waals surface area contributed by atoms with Gasteiger partial charge in [-0.3, -0.25) is 4.90 Å². The number of hydrogen-bond acceptors (Lipinski definition) is 6. The van der Waals surface area contributed by atoms with Gasteiger partial charge in [-0.1, -0.05) is 19.6 Å². The summed E-state index contributed by atoms with van der Waals surface area (Å²) >= 11 is 0. The van der Waals surface area contributed by atoms with Crippen LogP contribution in [0, 0.1) is 0 Å². The Morgan fingerprint density at radius 2 is 1.78 bits per heavy atom. The molecule has 1 fully saturated rings. The van der Waals surface area contributed by atoms with Gasteiger partial charge in [0.2, 0.25) is 0 Å². The van der Waals surface area contributed by atoms with Crippen molar-refractivity contribution in [1.82, 2.24) is 14.8 Å². The Kier molecular flexibility index (Phi) is 11.1. The number of morpholine rings is 1. The maximum Gasteiger partial charge on any atom is 0.420 e. The standard InChI is InChI=1S/C29H39F6N5O4Si/c1-45(2,3)16-15-43-19-40-18-22(29(33,34)35)25-24(7-9-36-26(25)40)44-23-6-5-20(17-21(23)28(30,31)32)38-27(41)37-8-4-10-39-11-13-42-14-12-39/h5-7,17-18,36H,4,8-16,19H2,1-3H3,(H2,37,38,41). The summed E-state index contributed by atoms with van der Waals surface area (Å²) in [7, 11) is -1.43. The fourth-order valence-electron chi connectivity index (χ4n) is 4.83. The normalized spacial score (nSPS) is 16.1. The van der Waals surface area contributed by atoms with Gasteiger partial charge >= 0.3 is 18.4 Å². The number of carbonyl (C=O) groups excluding carboxylic acids is 1. The first kappa shape index (κ1) is 34.7. The Morgan fingerprint density at radius 1 is 1.07 bits per heavy atom. The third-order valence-electron chi connectivity index (χ3n) is 7.22. The number of rotatable bonds is 12. The van der Waals surface area contributed by atoms with Crippen molar-refractivity contribution in [1.29, 1.82) is 0 Å². The van der Waals surface area contributed by atoms with E-state index in [0.717, 1.165) is 37.9 Å². The molecule has 2 aromatic rings. The maximum atomic E-state index is 14.1. The number of alkyl halides is 6. The molecule has 0 aliphatic carbocycles. The second kappa shape index (κ2) is 14.5. The van der Waals surface area contributed by atoms with E-state index in [1.807, 2.05) is 0 Å². The first-order valence-corrected chi connectivity index (χ1v) is 18.4. The van der Waals surface area contributed by atoms with E-state index in [1.54, 1.807) is 0 Å². The second-order valence-corrected chi connectivity index (χ2v) is 17.7. The van der Waals surface area contributed by atoms with Crippen LogP contribution in [-0.2, 0) is 28.6 Å². The Bertz CT molecular complexity index is 1350. The molecule has 9 nitrogen and oxygen atoms in total. The van der Waals surface area contributed by atoms with Crippen molar-refractivity contribution in [2.45, 2.75) is 51.2 Å².